The smallest absolute Gasteiger partial charge is 0.149 e. The summed E-state index contributed by atoms with van der Waals surface area (Å²) in [4.78, 5) is 13.2. The maximum Gasteiger partial charge on any atom is 0.149 e. The molecule has 42 heavy (non-hydrogen) atoms. The average Bonchev–Trinajstić information content (AvgIpc) is 3.40. The van der Waals surface area contributed by atoms with E-state index in [4.69, 9.17) is 9.47 Å². The SMILES string of the molecule is CS(=O)(=O)CCOCCc1nc(-c2cc3c(Nc4ccc(OCc5cccc(F)c5)c(Br)c4)ncnc3cc2F)cs1. The van der Waals surface area contributed by atoms with E-state index in [0.29, 0.717) is 62.5 Å². The van der Waals surface area contributed by atoms with Crippen LogP contribution in [0.15, 0.2) is 70.8 Å². The Bertz CT molecular complexity index is 1840. The van der Waals surface area contributed by atoms with E-state index >= 15 is 4.39 Å². The number of hydrogen-bond acceptors (Lipinski definition) is 9. The number of thiazole rings is 1. The standard InChI is InChI=1S/C29H25BrF2N4O4S2/c1-42(37,38)10-9-39-8-7-28-36-26(16-41-28)21-13-22-25(14-24(21)32)33-17-34-29(22)35-20-5-6-27(23(30)12-20)40-15-18-3-2-4-19(31)11-18/h2-6,11-14,16-17H,7-10,15H2,1H3,(H,33,34,35). The molecule has 0 saturated heterocycles. The van der Waals surface area contributed by atoms with E-state index in [-0.39, 0.29) is 24.8 Å². The molecule has 0 amide bonds. The summed E-state index contributed by atoms with van der Waals surface area (Å²) in [5.74, 6) is 0.246. The van der Waals surface area contributed by atoms with Crippen molar-refractivity contribution in [2.24, 2.45) is 0 Å². The zero-order valence-corrected chi connectivity index (χ0v) is 25.5. The van der Waals surface area contributed by atoms with Crippen molar-refractivity contribution < 1.29 is 26.7 Å². The average molecular weight is 676 g/mol. The second-order valence-electron chi connectivity index (χ2n) is 9.38. The molecule has 218 valence electrons. The van der Waals surface area contributed by atoms with Crippen molar-refractivity contribution in [3.05, 3.63) is 93.0 Å². The predicted octanol–water partition coefficient (Wildman–Crippen LogP) is 6.72. The zero-order valence-electron chi connectivity index (χ0n) is 22.3. The van der Waals surface area contributed by atoms with E-state index in [1.807, 2.05) is 12.1 Å². The molecule has 5 rings (SSSR count). The fourth-order valence-electron chi connectivity index (χ4n) is 4.01. The van der Waals surface area contributed by atoms with Crippen molar-refractivity contribution in [1.82, 2.24) is 15.0 Å². The molecule has 0 aliphatic carbocycles. The Morgan fingerprint density at radius 3 is 2.69 bits per heavy atom. The molecule has 0 unspecified atom stereocenters. The van der Waals surface area contributed by atoms with E-state index in [9.17, 15) is 12.8 Å². The molecule has 0 saturated carbocycles. The number of nitrogens with zero attached hydrogens (tertiary/aromatic N) is 3. The first kappa shape index (κ1) is 30.0. The highest BCUT2D eigenvalue weighted by Crippen LogP contribution is 2.34. The van der Waals surface area contributed by atoms with Crippen LogP contribution in [0.3, 0.4) is 0 Å². The van der Waals surface area contributed by atoms with Crippen molar-refractivity contribution in [1.29, 1.82) is 0 Å². The largest absolute Gasteiger partial charge is 0.488 e. The van der Waals surface area contributed by atoms with Crippen molar-refractivity contribution in [2.45, 2.75) is 13.0 Å². The summed E-state index contributed by atoms with van der Waals surface area (Å²) < 4.78 is 62.9. The van der Waals surface area contributed by atoms with Gasteiger partial charge < -0.3 is 14.8 Å². The molecule has 0 aliphatic rings. The number of ether oxygens (including phenoxy) is 2. The number of fused-ring (bicyclic) bond motifs is 1. The maximum absolute atomic E-state index is 15.1. The molecule has 13 heteroatoms. The Morgan fingerprint density at radius 2 is 1.90 bits per heavy atom. The lowest BCUT2D eigenvalue weighted by atomic mass is 10.1. The summed E-state index contributed by atoms with van der Waals surface area (Å²) in [6, 6.07) is 14.7. The predicted molar refractivity (Wildman–Crippen MR) is 163 cm³/mol. The van der Waals surface area contributed by atoms with Gasteiger partial charge in [-0.3, -0.25) is 0 Å². The van der Waals surface area contributed by atoms with E-state index in [1.54, 1.807) is 29.6 Å². The van der Waals surface area contributed by atoms with Crippen LogP contribution in [-0.2, 0) is 27.6 Å². The molecule has 0 atom stereocenters. The minimum absolute atomic E-state index is 0.0394. The molecule has 8 nitrogen and oxygen atoms in total. The molecule has 1 N–H and O–H groups in total. The number of sulfone groups is 1. The van der Waals surface area contributed by atoms with Gasteiger partial charge in [0.1, 0.15) is 46.0 Å². The lowest BCUT2D eigenvalue weighted by Gasteiger charge is -2.13. The van der Waals surface area contributed by atoms with Gasteiger partial charge in [-0.1, -0.05) is 12.1 Å². The van der Waals surface area contributed by atoms with Crippen molar-refractivity contribution in [3.63, 3.8) is 0 Å². The second kappa shape index (κ2) is 13.2. The third-order valence-corrected chi connectivity index (χ3v) is 8.53. The summed E-state index contributed by atoms with van der Waals surface area (Å²) in [5.41, 5.74) is 2.63. The Morgan fingerprint density at radius 1 is 1.05 bits per heavy atom. The van der Waals surface area contributed by atoms with Gasteiger partial charge >= 0.3 is 0 Å². The number of aromatic nitrogens is 3. The Balaban J connectivity index is 1.30. The fraction of sp³-hybridized carbons (Fsp3) is 0.207. The lowest BCUT2D eigenvalue weighted by molar-refractivity contribution is 0.152. The van der Waals surface area contributed by atoms with Gasteiger partial charge in [0.2, 0.25) is 0 Å². The first-order valence-corrected chi connectivity index (χ1v) is 16.5. The molecule has 0 radical (unpaired) electrons. The van der Waals surface area contributed by atoms with Crippen molar-refractivity contribution in [3.8, 4) is 17.0 Å². The summed E-state index contributed by atoms with van der Waals surface area (Å²) in [7, 11) is -3.08. The molecule has 0 fully saturated rings. The molecule has 0 bridgehead atoms. The van der Waals surface area contributed by atoms with Crippen molar-refractivity contribution in [2.75, 3.05) is 30.5 Å². The first-order chi connectivity index (χ1) is 20.1. The van der Waals surface area contributed by atoms with Gasteiger partial charge in [-0.15, -0.1) is 11.3 Å². The van der Waals surface area contributed by atoms with E-state index in [1.165, 1.54) is 35.9 Å². The van der Waals surface area contributed by atoms with Gasteiger partial charge in [-0.2, -0.15) is 0 Å². The lowest BCUT2D eigenvalue weighted by Crippen LogP contribution is -2.11. The highest BCUT2D eigenvalue weighted by Gasteiger charge is 2.15. The number of benzene rings is 3. The van der Waals surface area contributed by atoms with Crippen LogP contribution in [-0.4, -0.2) is 48.6 Å². The van der Waals surface area contributed by atoms with E-state index in [0.717, 1.165) is 11.3 Å². The monoisotopic (exact) mass is 674 g/mol. The minimum atomic E-state index is -3.08. The van der Waals surface area contributed by atoms with Gasteiger partial charge in [-0.25, -0.2) is 32.2 Å². The second-order valence-corrected chi connectivity index (χ2v) is 13.4. The highest BCUT2D eigenvalue weighted by molar-refractivity contribution is 9.10. The Hall–Kier alpha value is -3.52. The number of hydrogen-bond donors (Lipinski definition) is 1. The maximum atomic E-state index is 15.1. The molecule has 0 aliphatic heterocycles. The van der Waals surface area contributed by atoms with Crippen LogP contribution in [0.25, 0.3) is 22.2 Å². The topological polar surface area (TPSA) is 103 Å². The van der Waals surface area contributed by atoms with Gasteiger partial charge in [0, 0.05) is 40.8 Å². The summed E-state index contributed by atoms with van der Waals surface area (Å²) in [6.07, 6.45) is 3.01. The number of halogens is 3. The van der Waals surface area contributed by atoms with Crippen LogP contribution in [0.2, 0.25) is 0 Å². The molecule has 3 aromatic carbocycles. The quantitative estimate of drug-likeness (QED) is 0.146. The highest BCUT2D eigenvalue weighted by atomic mass is 79.9. The summed E-state index contributed by atoms with van der Waals surface area (Å²) >= 11 is 4.90. The number of anilines is 2. The zero-order chi connectivity index (χ0) is 29.7. The van der Waals surface area contributed by atoms with Crippen LogP contribution in [0.5, 0.6) is 5.75 Å². The molecule has 0 spiro atoms. The fourth-order valence-corrected chi connectivity index (χ4v) is 5.71. The van der Waals surface area contributed by atoms with Crippen LogP contribution < -0.4 is 10.1 Å². The summed E-state index contributed by atoms with van der Waals surface area (Å²) in [5, 5.41) is 6.39. The van der Waals surface area contributed by atoms with Gasteiger partial charge in [0.25, 0.3) is 0 Å². The van der Waals surface area contributed by atoms with Crippen LogP contribution >= 0.6 is 27.3 Å². The van der Waals surface area contributed by atoms with Crippen LogP contribution in [0.1, 0.15) is 10.6 Å². The van der Waals surface area contributed by atoms with Crippen LogP contribution in [0, 0.1) is 11.6 Å². The summed E-state index contributed by atoms with van der Waals surface area (Å²) in [6.45, 7) is 0.644. The van der Waals surface area contributed by atoms with Crippen molar-refractivity contribution >= 4 is 59.5 Å². The number of nitrogens with one attached hydrogen (secondary N) is 1. The third kappa shape index (κ3) is 7.85. The third-order valence-electron chi connectivity index (χ3n) is 6.09. The molecule has 2 heterocycles. The Labute approximate surface area is 253 Å². The van der Waals surface area contributed by atoms with Gasteiger partial charge in [0.05, 0.1) is 39.7 Å². The first-order valence-electron chi connectivity index (χ1n) is 12.7. The number of rotatable bonds is 12. The van der Waals surface area contributed by atoms with E-state index < -0.39 is 15.7 Å². The normalized spacial score (nSPS) is 11.6. The Kier molecular flexibility index (Phi) is 9.41. The minimum Gasteiger partial charge on any atom is -0.488 e. The van der Waals surface area contributed by atoms with Gasteiger partial charge in [0.15, 0.2) is 0 Å². The molecular formula is C29H25BrF2N4O4S2. The van der Waals surface area contributed by atoms with Crippen LogP contribution in [0.4, 0.5) is 20.3 Å². The van der Waals surface area contributed by atoms with E-state index in [2.05, 4.69) is 36.2 Å². The molecule has 5 aromatic rings. The van der Waals surface area contributed by atoms with Gasteiger partial charge in [-0.05, 0) is 57.9 Å². The molecular weight excluding hydrogens is 650 g/mol. The molecule has 2 aromatic heterocycles.